The Morgan fingerprint density at radius 2 is 2.44 bits per heavy atom. The molecular formula is C5H12NO2P. The fraction of sp³-hybridized carbons (Fsp3) is 1.00. The van der Waals surface area contributed by atoms with Gasteiger partial charge in [-0.15, -0.1) is 9.24 Å². The number of hydrogen-bond donors (Lipinski definition) is 2. The van der Waals surface area contributed by atoms with Crippen LogP contribution in [-0.2, 0) is 4.74 Å². The molecule has 3 nitrogen and oxygen atoms in total. The zero-order chi connectivity index (χ0) is 6.69. The molecule has 0 bridgehead atoms. The van der Waals surface area contributed by atoms with Gasteiger partial charge in [-0.25, -0.2) is 0 Å². The Bertz CT molecular complexity index is 91.0. The molecule has 1 saturated heterocycles. The maximum atomic E-state index is 8.63. The molecule has 0 aromatic heterocycles. The molecule has 1 aliphatic rings. The van der Waals surface area contributed by atoms with E-state index in [1.54, 1.807) is 0 Å². The SMILES string of the molecule is OCC1CNCC(P)O1. The quantitative estimate of drug-likeness (QED) is 0.478. The van der Waals surface area contributed by atoms with Crippen molar-refractivity contribution in [3.8, 4) is 0 Å². The summed E-state index contributed by atoms with van der Waals surface area (Å²) < 4.78 is 5.29. The van der Waals surface area contributed by atoms with Crippen molar-refractivity contribution in [2.75, 3.05) is 19.7 Å². The van der Waals surface area contributed by atoms with Gasteiger partial charge in [0.05, 0.1) is 18.6 Å². The van der Waals surface area contributed by atoms with Gasteiger partial charge >= 0.3 is 0 Å². The number of hydrogen-bond acceptors (Lipinski definition) is 3. The summed E-state index contributed by atoms with van der Waals surface area (Å²) in [7, 11) is 2.56. The smallest absolute Gasteiger partial charge is 0.0938 e. The lowest BCUT2D eigenvalue weighted by atomic mass is 10.3. The molecule has 9 heavy (non-hydrogen) atoms. The first-order valence-corrected chi connectivity index (χ1v) is 3.72. The number of nitrogens with one attached hydrogen (secondary N) is 1. The van der Waals surface area contributed by atoms with Gasteiger partial charge in [-0.2, -0.15) is 0 Å². The van der Waals surface area contributed by atoms with Crippen LogP contribution in [-0.4, -0.2) is 36.8 Å². The van der Waals surface area contributed by atoms with Crippen LogP contribution in [0.15, 0.2) is 0 Å². The summed E-state index contributed by atoms with van der Waals surface area (Å²) in [6, 6.07) is 0. The van der Waals surface area contributed by atoms with Crippen LogP contribution >= 0.6 is 9.24 Å². The van der Waals surface area contributed by atoms with Crippen LogP contribution < -0.4 is 5.32 Å². The third kappa shape index (κ3) is 2.18. The van der Waals surface area contributed by atoms with Crippen molar-refractivity contribution in [2.24, 2.45) is 0 Å². The van der Waals surface area contributed by atoms with Crippen molar-refractivity contribution in [1.29, 1.82) is 0 Å². The Kier molecular flexibility index (Phi) is 2.86. The fourth-order valence-corrected chi connectivity index (χ4v) is 1.23. The Balaban J connectivity index is 2.23. The third-order valence-corrected chi connectivity index (χ3v) is 1.68. The molecule has 0 aliphatic carbocycles. The van der Waals surface area contributed by atoms with Crippen molar-refractivity contribution in [1.82, 2.24) is 5.32 Å². The fourth-order valence-electron chi connectivity index (χ4n) is 0.838. The number of ether oxygens (including phenoxy) is 1. The van der Waals surface area contributed by atoms with Crippen LogP contribution in [0, 0.1) is 0 Å². The highest BCUT2D eigenvalue weighted by atomic mass is 31.0. The number of aliphatic hydroxyl groups is 1. The minimum absolute atomic E-state index is 0.0127. The maximum absolute atomic E-state index is 8.63. The Morgan fingerprint density at radius 1 is 1.67 bits per heavy atom. The van der Waals surface area contributed by atoms with Crippen LogP contribution in [0.25, 0.3) is 0 Å². The van der Waals surface area contributed by atoms with Crippen LogP contribution in [0.2, 0.25) is 0 Å². The minimum atomic E-state index is -0.0127. The first kappa shape index (κ1) is 7.42. The maximum Gasteiger partial charge on any atom is 0.0938 e. The highest BCUT2D eigenvalue weighted by molar-refractivity contribution is 7.17. The molecule has 1 fully saturated rings. The van der Waals surface area contributed by atoms with Crippen LogP contribution in [0.5, 0.6) is 0 Å². The zero-order valence-electron chi connectivity index (χ0n) is 5.21. The van der Waals surface area contributed by atoms with Gasteiger partial charge in [-0.3, -0.25) is 0 Å². The van der Waals surface area contributed by atoms with Crippen molar-refractivity contribution in [3.05, 3.63) is 0 Å². The van der Waals surface area contributed by atoms with Crippen LogP contribution in [0.3, 0.4) is 0 Å². The van der Waals surface area contributed by atoms with E-state index in [2.05, 4.69) is 14.6 Å². The standard InChI is InChI=1S/C5H12NO2P/c7-3-4-1-6-2-5(9)8-4/h4-7H,1-3,9H2. The van der Waals surface area contributed by atoms with Crippen molar-refractivity contribution in [3.63, 3.8) is 0 Å². The molecule has 0 aromatic rings. The highest BCUT2D eigenvalue weighted by Crippen LogP contribution is 2.08. The molecule has 0 saturated carbocycles. The largest absolute Gasteiger partial charge is 0.394 e. The zero-order valence-corrected chi connectivity index (χ0v) is 6.36. The van der Waals surface area contributed by atoms with Gasteiger partial charge in [0.1, 0.15) is 0 Å². The number of aliphatic hydroxyl groups excluding tert-OH is 1. The first-order chi connectivity index (χ1) is 4.33. The van der Waals surface area contributed by atoms with Gasteiger partial charge < -0.3 is 15.2 Å². The summed E-state index contributed by atoms with van der Waals surface area (Å²) in [4.78, 5) is 0. The summed E-state index contributed by atoms with van der Waals surface area (Å²) in [6.07, 6.45) is -0.0127. The molecule has 4 heteroatoms. The van der Waals surface area contributed by atoms with Crippen LogP contribution in [0.4, 0.5) is 0 Å². The van der Waals surface area contributed by atoms with Crippen molar-refractivity contribution in [2.45, 2.75) is 11.9 Å². The van der Waals surface area contributed by atoms with E-state index in [4.69, 9.17) is 9.84 Å². The molecule has 2 N–H and O–H groups in total. The topological polar surface area (TPSA) is 41.5 Å². The highest BCUT2D eigenvalue weighted by Gasteiger charge is 2.16. The molecule has 3 unspecified atom stereocenters. The summed E-state index contributed by atoms with van der Waals surface area (Å²) in [5.74, 6) is 0.163. The van der Waals surface area contributed by atoms with E-state index in [1.165, 1.54) is 0 Å². The Labute approximate surface area is 57.0 Å². The molecule has 1 aliphatic heterocycles. The van der Waals surface area contributed by atoms with Crippen molar-refractivity contribution < 1.29 is 9.84 Å². The monoisotopic (exact) mass is 149 g/mol. The van der Waals surface area contributed by atoms with Gasteiger partial charge in [-0.05, 0) is 0 Å². The van der Waals surface area contributed by atoms with Gasteiger partial charge in [-0.1, -0.05) is 0 Å². The summed E-state index contributed by atoms with van der Waals surface area (Å²) in [5.41, 5.74) is 0. The molecule has 0 amide bonds. The van der Waals surface area contributed by atoms with E-state index in [1.807, 2.05) is 0 Å². The van der Waals surface area contributed by atoms with E-state index in [-0.39, 0.29) is 18.6 Å². The average Bonchev–Trinajstić information content (AvgIpc) is 1.88. The van der Waals surface area contributed by atoms with Crippen molar-refractivity contribution >= 4 is 9.24 Å². The summed E-state index contributed by atoms with van der Waals surface area (Å²) >= 11 is 0. The summed E-state index contributed by atoms with van der Waals surface area (Å²) in [5, 5.41) is 11.8. The second-order valence-electron chi connectivity index (χ2n) is 2.14. The van der Waals surface area contributed by atoms with Gasteiger partial charge in [0, 0.05) is 13.1 Å². The summed E-state index contributed by atoms with van der Waals surface area (Å²) in [6.45, 7) is 1.74. The first-order valence-electron chi connectivity index (χ1n) is 3.05. The van der Waals surface area contributed by atoms with E-state index in [0.717, 1.165) is 13.1 Å². The molecule has 1 rings (SSSR count). The molecule has 3 atom stereocenters. The predicted molar refractivity (Wildman–Crippen MR) is 38.3 cm³/mol. The number of rotatable bonds is 1. The lowest BCUT2D eigenvalue weighted by Gasteiger charge is -2.26. The van der Waals surface area contributed by atoms with E-state index >= 15 is 0 Å². The van der Waals surface area contributed by atoms with Gasteiger partial charge in [0.25, 0.3) is 0 Å². The molecule has 54 valence electrons. The molecule has 0 aromatic carbocycles. The predicted octanol–water partition coefficient (Wildman–Crippen LogP) is -0.832. The second kappa shape index (κ2) is 3.47. The molecule has 0 radical (unpaired) electrons. The third-order valence-electron chi connectivity index (χ3n) is 1.29. The lowest BCUT2D eigenvalue weighted by molar-refractivity contribution is -0.0226. The molecular weight excluding hydrogens is 137 g/mol. The second-order valence-corrected chi connectivity index (χ2v) is 2.88. The average molecular weight is 149 g/mol. The van der Waals surface area contributed by atoms with E-state index in [0.29, 0.717) is 0 Å². The Hall–Kier alpha value is 0.310. The van der Waals surface area contributed by atoms with E-state index < -0.39 is 0 Å². The van der Waals surface area contributed by atoms with Gasteiger partial charge in [0.15, 0.2) is 0 Å². The minimum Gasteiger partial charge on any atom is -0.394 e. The lowest BCUT2D eigenvalue weighted by Crippen LogP contribution is -2.43. The Morgan fingerprint density at radius 3 is 2.89 bits per heavy atom. The molecule has 0 spiro atoms. The van der Waals surface area contributed by atoms with E-state index in [9.17, 15) is 0 Å². The number of morpholine rings is 1. The normalized spacial score (nSPS) is 36.7. The van der Waals surface area contributed by atoms with Crippen LogP contribution in [0.1, 0.15) is 0 Å². The molecule has 1 heterocycles. The van der Waals surface area contributed by atoms with Gasteiger partial charge in [0.2, 0.25) is 0 Å².